The molecule has 1 aliphatic rings. The van der Waals surface area contributed by atoms with Crippen LogP contribution < -0.4 is 0 Å². The number of rotatable bonds is 2. The Morgan fingerprint density at radius 1 is 1.47 bits per heavy atom. The molecule has 0 fully saturated rings. The van der Waals surface area contributed by atoms with Gasteiger partial charge in [-0.2, -0.15) is 0 Å². The van der Waals surface area contributed by atoms with Crippen LogP contribution in [0, 0.1) is 6.92 Å². The van der Waals surface area contributed by atoms with E-state index in [1.807, 2.05) is 0 Å². The molecule has 1 N–H and O–H groups in total. The van der Waals surface area contributed by atoms with Crippen LogP contribution in [0.4, 0.5) is 0 Å². The molecule has 0 amide bonds. The smallest absolute Gasteiger partial charge is 0.303 e. The van der Waals surface area contributed by atoms with Crippen LogP contribution in [0.2, 0.25) is 0 Å². The summed E-state index contributed by atoms with van der Waals surface area (Å²) in [4.78, 5) is 10.8. The number of aliphatic carboxylic acids is 1. The van der Waals surface area contributed by atoms with E-state index in [1.165, 1.54) is 16.7 Å². The Labute approximate surface area is 89.9 Å². The normalized spacial score (nSPS) is 23.9. The summed E-state index contributed by atoms with van der Waals surface area (Å²) in [5.74, 6) is 0.0268. The van der Waals surface area contributed by atoms with Gasteiger partial charge in [0.2, 0.25) is 0 Å². The first-order chi connectivity index (χ1) is 7.08. The Bertz CT molecular complexity index is 396. The molecule has 0 radical (unpaired) electrons. The Morgan fingerprint density at radius 3 is 2.87 bits per heavy atom. The van der Waals surface area contributed by atoms with Crippen molar-refractivity contribution in [2.24, 2.45) is 0 Å². The number of hydrogen-bond acceptors (Lipinski definition) is 1. The van der Waals surface area contributed by atoms with Crippen LogP contribution in [-0.2, 0) is 4.79 Å². The van der Waals surface area contributed by atoms with Gasteiger partial charge in [-0.25, -0.2) is 0 Å². The van der Waals surface area contributed by atoms with Crippen LogP contribution in [0.5, 0.6) is 0 Å². The largest absolute Gasteiger partial charge is 0.481 e. The molecule has 1 aromatic carbocycles. The van der Waals surface area contributed by atoms with Crippen molar-refractivity contribution in [2.75, 3.05) is 0 Å². The van der Waals surface area contributed by atoms with Crippen molar-refractivity contribution in [1.82, 2.24) is 0 Å². The molecule has 0 bridgehead atoms. The van der Waals surface area contributed by atoms with E-state index in [0.29, 0.717) is 5.92 Å². The van der Waals surface area contributed by atoms with Gasteiger partial charge >= 0.3 is 5.97 Å². The van der Waals surface area contributed by atoms with Gasteiger partial charge < -0.3 is 5.11 Å². The maximum atomic E-state index is 10.8. The molecule has 0 saturated heterocycles. The summed E-state index contributed by atoms with van der Waals surface area (Å²) >= 11 is 0. The Hall–Kier alpha value is -1.31. The maximum Gasteiger partial charge on any atom is 0.303 e. The first-order valence-electron chi connectivity index (χ1n) is 5.40. The van der Waals surface area contributed by atoms with Crippen molar-refractivity contribution in [3.8, 4) is 0 Å². The number of carboxylic acids is 1. The number of carboxylic acid groups (broad SMARTS) is 1. The van der Waals surface area contributed by atoms with Gasteiger partial charge in [0.15, 0.2) is 0 Å². The third-order valence-electron chi connectivity index (χ3n) is 3.27. The summed E-state index contributed by atoms with van der Waals surface area (Å²) in [5, 5.41) is 8.86. The average molecular weight is 204 g/mol. The fourth-order valence-corrected chi connectivity index (χ4v) is 2.58. The minimum atomic E-state index is -0.693. The molecule has 2 heteroatoms. The van der Waals surface area contributed by atoms with E-state index in [2.05, 4.69) is 32.0 Å². The van der Waals surface area contributed by atoms with E-state index < -0.39 is 5.97 Å². The van der Waals surface area contributed by atoms with Crippen molar-refractivity contribution in [2.45, 2.75) is 38.5 Å². The first kappa shape index (κ1) is 10.2. The van der Waals surface area contributed by atoms with Crippen LogP contribution in [0.25, 0.3) is 0 Å². The summed E-state index contributed by atoms with van der Waals surface area (Å²) in [6, 6.07) is 6.40. The van der Waals surface area contributed by atoms with Crippen LogP contribution in [0.1, 0.15) is 48.3 Å². The number of fused-ring (bicyclic) bond motifs is 1. The Balaban J connectivity index is 2.35. The predicted octanol–water partition coefficient (Wildman–Crippen LogP) is 3.06. The molecule has 2 rings (SSSR count). The van der Waals surface area contributed by atoms with E-state index in [0.717, 1.165) is 6.42 Å². The molecule has 15 heavy (non-hydrogen) atoms. The van der Waals surface area contributed by atoms with Crippen LogP contribution in [0.15, 0.2) is 18.2 Å². The Morgan fingerprint density at radius 2 is 2.20 bits per heavy atom. The van der Waals surface area contributed by atoms with Gasteiger partial charge in [-0.1, -0.05) is 30.7 Å². The van der Waals surface area contributed by atoms with Gasteiger partial charge in [-0.05, 0) is 36.3 Å². The molecular formula is C13H16O2. The lowest BCUT2D eigenvalue weighted by Gasteiger charge is -2.08. The standard InChI is InChI=1S/C13H16O2/c1-8-3-4-11-9(2)6-10(7-13(14)15)12(11)5-8/h3-5,9-10H,6-7H2,1-2H3,(H,14,15). The molecule has 0 saturated carbocycles. The zero-order valence-corrected chi connectivity index (χ0v) is 9.16. The highest BCUT2D eigenvalue weighted by Crippen LogP contribution is 2.43. The quantitative estimate of drug-likeness (QED) is 0.803. The van der Waals surface area contributed by atoms with Gasteiger partial charge in [0.1, 0.15) is 0 Å². The van der Waals surface area contributed by atoms with Gasteiger partial charge in [0.05, 0.1) is 6.42 Å². The Kier molecular flexibility index (Phi) is 2.51. The van der Waals surface area contributed by atoms with E-state index in [4.69, 9.17) is 5.11 Å². The lowest BCUT2D eigenvalue weighted by molar-refractivity contribution is -0.137. The minimum absolute atomic E-state index is 0.215. The summed E-state index contributed by atoms with van der Waals surface area (Å²) in [5.41, 5.74) is 3.81. The highest BCUT2D eigenvalue weighted by molar-refractivity contribution is 5.68. The summed E-state index contributed by atoms with van der Waals surface area (Å²) < 4.78 is 0. The second-order valence-electron chi connectivity index (χ2n) is 4.56. The molecule has 2 atom stereocenters. The average Bonchev–Trinajstić information content (AvgIpc) is 2.42. The van der Waals surface area contributed by atoms with Gasteiger partial charge in [0, 0.05) is 0 Å². The maximum absolute atomic E-state index is 10.8. The molecule has 2 unspecified atom stereocenters. The molecule has 1 aliphatic carbocycles. The lowest BCUT2D eigenvalue weighted by atomic mass is 9.96. The molecule has 80 valence electrons. The number of benzene rings is 1. The van der Waals surface area contributed by atoms with Crippen LogP contribution >= 0.6 is 0 Å². The number of hydrogen-bond donors (Lipinski definition) is 1. The van der Waals surface area contributed by atoms with E-state index in [-0.39, 0.29) is 12.3 Å². The van der Waals surface area contributed by atoms with E-state index in [9.17, 15) is 4.79 Å². The third-order valence-corrected chi connectivity index (χ3v) is 3.27. The molecule has 2 nitrogen and oxygen atoms in total. The van der Waals surface area contributed by atoms with Crippen molar-refractivity contribution in [3.63, 3.8) is 0 Å². The minimum Gasteiger partial charge on any atom is -0.481 e. The lowest BCUT2D eigenvalue weighted by Crippen LogP contribution is -2.03. The fraction of sp³-hybridized carbons (Fsp3) is 0.462. The van der Waals surface area contributed by atoms with Crippen LogP contribution in [0.3, 0.4) is 0 Å². The topological polar surface area (TPSA) is 37.3 Å². The van der Waals surface area contributed by atoms with Crippen molar-refractivity contribution in [3.05, 3.63) is 34.9 Å². The summed E-state index contributed by atoms with van der Waals surface area (Å²) in [6.45, 7) is 4.23. The second kappa shape index (κ2) is 3.69. The molecule has 0 heterocycles. The predicted molar refractivity (Wildman–Crippen MR) is 59.2 cm³/mol. The monoisotopic (exact) mass is 204 g/mol. The number of carbonyl (C=O) groups is 1. The van der Waals surface area contributed by atoms with Crippen molar-refractivity contribution in [1.29, 1.82) is 0 Å². The molecule has 0 spiro atoms. The highest BCUT2D eigenvalue weighted by Gasteiger charge is 2.29. The van der Waals surface area contributed by atoms with Crippen LogP contribution in [-0.4, -0.2) is 11.1 Å². The zero-order valence-electron chi connectivity index (χ0n) is 9.16. The van der Waals surface area contributed by atoms with Gasteiger partial charge in [-0.3, -0.25) is 4.79 Å². The molecule has 0 aromatic heterocycles. The fourth-order valence-electron chi connectivity index (χ4n) is 2.58. The molecule has 0 aliphatic heterocycles. The molecular weight excluding hydrogens is 188 g/mol. The highest BCUT2D eigenvalue weighted by atomic mass is 16.4. The zero-order chi connectivity index (χ0) is 11.0. The molecule has 1 aromatic rings. The number of aryl methyl sites for hydroxylation is 1. The van der Waals surface area contributed by atoms with Crippen molar-refractivity contribution >= 4 is 5.97 Å². The van der Waals surface area contributed by atoms with Crippen molar-refractivity contribution < 1.29 is 9.90 Å². The summed E-state index contributed by atoms with van der Waals surface area (Å²) in [6.07, 6.45) is 1.24. The van der Waals surface area contributed by atoms with E-state index >= 15 is 0 Å². The third kappa shape index (κ3) is 1.89. The van der Waals surface area contributed by atoms with E-state index in [1.54, 1.807) is 0 Å². The van der Waals surface area contributed by atoms with Gasteiger partial charge in [0.25, 0.3) is 0 Å². The van der Waals surface area contributed by atoms with Gasteiger partial charge in [-0.15, -0.1) is 0 Å². The summed E-state index contributed by atoms with van der Waals surface area (Å²) in [7, 11) is 0. The SMILES string of the molecule is Cc1ccc2c(c1)C(CC(=O)O)CC2C. The second-order valence-corrected chi connectivity index (χ2v) is 4.56. The first-order valence-corrected chi connectivity index (χ1v) is 5.40.